The molecule has 0 bridgehead atoms. The molecule has 5 nitrogen and oxygen atoms in total. The van der Waals surface area contributed by atoms with Crippen molar-refractivity contribution in [2.45, 2.75) is 13.3 Å². The number of rotatable bonds is 2. The van der Waals surface area contributed by atoms with Crippen molar-refractivity contribution in [1.82, 2.24) is 19.7 Å². The summed E-state index contributed by atoms with van der Waals surface area (Å²) in [4.78, 5) is 17.6. The first-order valence-electron chi connectivity index (χ1n) is 4.78. The van der Waals surface area contributed by atoms with Gasteiger partial charge >= 0.3 is 5.69 Å². The average molecular weight is 204 g/mol. The van der Waals surface area contributed by atoms with Crippen LogP contribution in [0.5, 0.6) is 0 Å². The predicted molar refractivity (Wildman–Crippen MR) is 56.4 cm³/mol. The molecule has 0 fully saturated rings. The van der Waals surface area contributed by atoms with E-state index in [9.17, 15) is 4.79 Å². The number of H-pyrrole nitrogens is 1. The molecule has 0 saturated heterocycles. The average Bonchev–Trinajstić information content (AvgIpc) is 2.65. The van der Waals surface area contributed by atoms with E-state index in [1.807, 2.05) is 20.2 Å². The molecule has 15 heavy (non-hydrogen) atoms. The van der Waals surface area contributed by atoms with Gasteiger partial charge in [-0.1, -0.05) is 6.92 Å². The zero-order valence-electron chi connectivity index (χ0n) is 8.69. The van der Waals surface area contributed by atoms with Crippen molar-refractivity contribution in [3.63, 3.8) is 0 Å². The Hall–Kier alpha value is -1.91. The van der Waals surface area contributed by atoms with Gasteiger partial charge in [0.25, 0.3) is 0 Å². The molecule has 5 heteroatoms. The molecule has 78 valence electrons. The monoisotopic (exact) mass is 204 g/mol. The van der Waals surface area contributed by atoms with E-state index in [-0.39, 0.29) is 5.69 Å². The van der Waals surface area contributed by atoms with Gasteiger partial charge in [-0.25, -0.2) is 9.78 Å². The Morgan fingerprint density at radius 1 is 1.47 bits per heavy atom. The van der Waals surface area contributed by atoms with Crippen molar-refractivity contribution in [3.8, 4) is 11.3 Å². The first kappa shape index (κ1) is 9.64. The van der Waals surface area contributed by atoms with Gasteiger partial charge in [0.2, 0.25) is 0 Å². The number of aromatic amines is 1. The first-order chi connectivity index (χ1) is 7.20. The first-order valence-corrected chi connectivity index (χ1v) is 4.78. The molecule has 0 aliphatic rings. The maximum Gasteiger partial charge on any atom is 0.345 e. The Kier molecular flexibility index (Phi) is 2.37. The van der Waals surface area contributed by atoms with E-state index in [4.69, 9.17) is 0 Å². The summed E-state index contributed by atoms with van der Waals surface area (Å²) >= 11 is 0. The maximum atomic E-state index is 11.1. The molecule has 0 aliphatic carbocycles. The second-order valence-electron chi connectivity index (χ2n) is 3.34. The molecule has 0 aromatic carbocycles. The molecule has 2 rings (SSSR count). The molecule has 0 unspecified atom stereocenters. The van der Waals surface area contributed by atoms with Crippen LogP contribution in [0.3, 0.4) is 0 Å². The van der Waals surface area contributed by atoms with E-state index < -0.39 is 0 Å². The minimum atomic E-state index is -0.328. The van der Waals surface area contributed by atoms with Crippen molar-refractivity contribution in [2.75, 3.05) is 0 Å². The fraction of sp³-hybridized carbons (Fsp3) is 0.300. The SMILES string of the molecule is CCc1cnc(=O)[nH]c1-c1cnn(C)c1. The predicted octanol–water partition coefficient (Wildman–Crippen LogP) is 0.733. The van der Waals surface area contributed by atoms with E-state index >= 15 is 0 Å². The van der Waals surface area contributed by atoms with Gasteiger partial charge in [-0.3, -0.25) is 4.68 Å². The lowest BCUT2D eigenvalue weighted by Crippen LogP contribution is -2.12. The third kappa shape index (κ3) is 1.81. The number of nitrogens with one attached hydrogen (secondary N) is 1. The molecular formula is C10H12N4O. The normalized spacial score (nSPS) is 10.5. The molecule has 0 radical (unpaired) electrons. The summed E-state index contributed by atoms with van der Waals surface area (Å²) in [6.07, 6.45) is 6.03. The molecular weight excluding hydrogens is 192 g/mol. The van der Waals surface area contributed by atoms with Crippen molar-refractivity contribution in [3.05, 3.63) is 34.6 Å². The van der Waals surface area contributed by atoms with Crippen molar-refractivity contribution in [2.24, 2.45) is 7.05 Å². The van der Waals surface area contributed by atoms with Crippen LogP contribution in [0.2, 0.25) is 0 Å². The summed E-state index contributed by atoms with van der Waals surface area (Å²) in [5, 5.41) is 4.07. The minimum absolute atomic E-state index is 0.328. The van der Waals surface area contributed by atoms with Gasteiger partial charge in [0.15, 0.2) is 0 Å². The van der Waals surface area contributed by atoms with Crippen LogP contribution in [0.4, 0.5) is 0 Å². The molecule has 0 amide bonds. The Balaban J connectivity index is 2.60. The lowest BCUT2D eigenvalue weighted by Gasteiger charge is -2.03. The largest absolute Gasteiger partial charge is 0.345 e. The lowest BCUT2D eigenvalue weighted by atomic mass is 10.1. The number of nitrogens with zero attached hydrogens (tertiary/aromatic N) is 3. The van der Waals surface area contributed by atoms with Crippen LogP contribution in [0.15, 0.2) is 23.4 Å². The van der Waals surface area contributed by atoms with E-state index in [0.29, 0.717) is 0 Å². The smallest absolute Gasteiger partial charge is 0.305 e. The van der Waals surface area contributed by atoms with Crippen LogP contribution >= 0.6 is 0 Å². The Morgan fingerprint density at radius 2 is 2.27 bits per heavy atom. The van der Waals surface area contributed by atoms with E-state index in [1.54, 1.807) is 17.1 Å². The Labute approximate surface area is 86.8 Å². The molecule has 0 saturated carbocycles. The highest BCUT2D eigenvalue weighted by molar-refractivity contribution is 5.60. The van der Waals surface area contributed by atoms with Gasteiger partial charge in [0.1, 0.15) is 0 Å². The lowest BCUT2D eigenvalue weighted by molar-refractivity contribution is 0.768. The topological polar surface area (TPSA) is 63.6 Å². The standard InChI is InChI=1S/C10H12N4O/c1-3-7-4-11-10(15)13-9(7)8-5-12-14(2)6-8/h4-6H,3H2,1-2H3,(H,11,13,15). The highest BCUT2D eigenvalue weighted by atomic mass is 16.1. The van der Waals surface area contributed by atoms with Crippen molar-refractivity contribution >= 4 is 0 Å². The van der Waals surface area contributed by atoms with Crippen molar-refractivity contribution in [1.29, 1.82) is 0 Å². The van der Waals surface area contributed by atoms with Crippen LogP contribution in [0.25, 0.3) is 11.3 Å². The number of aromatic nitrogens is 4. The van der Waals surface area contributed by atoms with E-state index in [2.05, 4.69) is 15.1 Å². The molecule has 0 atom stereocenters. The molecule has 0 aliphatic heterocycles. The van der Waals surface area contributed by atoms with Gasteiger partial charge in [0, 0.05) is 25.0 Å². The van der Waals surface area contributed by atoms with Crippen LogP contribution in [-0.4, -0.2) is 19.7 Å². The van der Waals surface area contributed by atoms with E-state index in [0.717, 1.165) is 23.2 Å². The fourth-order valence-corrected chi connectivity index (χ4v) is 1.50. The highest BCUT2D eigenvalue weighted by Crippen LogP contribution is 2.18. The molecule has 2 aromatic heterocycles. The number of hydrogen-bond acceptors (Lipinski definition) is 3. The second-order valence-corrected chi connectivity index (χ2v) is 3.34. The zero-order valence-corrected chi connectivity index (χ0v) is 8.69. The van der Waals surface area contributed by atoms with Gasteiger partial charge in [-0.05, 0) is 12.0 Å². The minimum Gasteiger partial charge on any atom is -0.305 e. The van der Waals surface area contributed by atoms with Crippen LogP contribution in [0, 0.1) is 0 Å². The number of aryl methyl sites for hydroxylation is 2. The fourth-order valence-electron chi connectivity index (χ4n) is 1.50. The number of hydrogen-bond donors (Lipinski definition) is 1. The quantitative estimate of drug-likeness (QED) is 0.784. The summed E-state index contributed by atoms with van der Waals surface area (Å²) in [7, 11) is 1.84. The summed E-state index contributed by atoms with van der Waals surface area (Å²) in [6, 6.07) is 0. The van der Waals surface area contributed by atoms with Crippen LogP contribution in [0.1, 0.15) is 12.5 Å². The van der Waals surface area contributed by atoms with Gasteiger partial charge in [0.05, 0.1) is 11.9 Å². The summed E-state index contributed by atoms with van der Waals surface area (Å²) in [5.74, 6) is 0. The molecule has 2 heterocycles. The molecule has 2 aromatic rings. The second kappa shape index (κ2) is 3.68. The Morgan fingerprint density at radius 3 is 2.87 bits per heavy atom. The van der Waals surface area contributed by atoms with Gasteiger partial charge in [-0.15, -0.1) is 0 Å². The highest BCUT2D eigenvalue weighted by Gasteiger charge is 2.07. The summed E-state index contributed by atoms with van der Waals surface area (Å²) in [6.45, 7) is 2.02. The third-order valence-corrected chi connectivity index (χ3v) is 2.27. The maximum absolute atomic E-state index is 11.1. The van der Waals surface area contributed by atoms with E-state index in [1.165, 1.54) is 0 Å². The zero-order chi connectivity index (χ0) is 10.8. The summed E-state index contributed by atoms with van der Waals surface area (Å²) < 4.78 is 1.70. The Bertz CT molecular complexity index is 526. The van der Waals surface area contributed by atoms with Gasteiger partial charge in [-0.2, -0.15) is 5.10 Å². The third-order valence-electron chi connectivity index (χ3n) is 2.27. The van der Waals surface area contributed by atoms with Gasteiger partial charge < -0.3 is 4.98 Å². The van der Waals surface area contributed by atoms with Crippen LogP contribution in [-0.2, 0) is 13.5 Å². The molecule has 1 N–H and O–H groups in total. The van der Waals surface area contributed by atoms with Crippen LogP contribution < -0.4 is 5.69 Å². The summed E-state index contributed by atoms with van der Waals surface area (Å²) in [5.41, 5.74) is 2.41. The van der Waals surface area contributed by atoms with Crippen molar-refractivity contribution < 1.29 is 0 Å². The molecule has 0 spiro atoms.